The van der Waals surface area contributed by atoms with E-state index in [9.17, 15) is 10.1 Å². The molecule has 0 bridgehead atoms. The molecule has 21 heavy (non-hydrogen) atoms. The molecule has 2 rings (SSSR count). The molecule has 0 radical (unpaired) electrons. The van der Waals surface area contributed by atoms with Crippen molar-refractivity contribution in [2.45, 2.75) is 24.5 Å². The van der Waals surface area contributed by atoms with E-state index in [1.807, 2.05) is 26.0 Å². The molecule has 0 fully saturated rings. The van der Waals surface area contributed by atoms with Gasteiger partial charge in [0.25, 0.3) is 5.69 Å². The van der Waals surface area contributed by atoms with E-state index < -0.39 is 0 Å². The van der Waals surface area contributed by atoms with Gasteiger partial charge in [0.15, 0.2) is 0 Å². The number of pyridine rings is 1. The van der Waals surface area contributed by atoms with Crippen molar-refractivity contribution < 1.29 is 9.66 Å². The van der Waals surface area contributed by atoms with Gasteiger partial charge in [-0.2, -0.15) is 0 Å². The third kappa shape index (κ3) is 4.19. The van der Waals surface area contributed by atoms with Gasteiger partial charge in [-0.15, -0.1) is 11.8 Å². The van der Waals surface area contributed by atoms with E-state index in [-0.39, 0.29) is 10.6 Å². The van der Waals surface area contributed by atoms with E-state index in [1.165, 1.54) is 6.07 Å². The van der Waals surface area contributed by atoms with Crippen LogP contribution in [0.4, 0.5) is 5.69 Å². The van der Waals surface area contributed by atoms with E-state index in [4.69, 9.17) is 4.74 Å². The molecular weight excluding hydrogens is 288 g/mol. The highest BCUT2D eigenvalue weighted by atomic mass is 32.2. The number of rotatable bonds is 6. The van der Waals surface area contributed by atoms with Gasteiger partial charge >= 0.3 is 0 Å². The highest BCUT2D eigenvalue weighted by Gasteiger charge is 2.09. The predicted molar refractivity (Wildman–Crippen MR) is 82.8 cm³/mol. The largest absolute Gasteiger partial charge is 0.494 e. The Morgan fingerprint density at radius 2 is 2.14 bits per heavy atom. The van der Waals surface area contributed by atoms with Crippen molar-refractivity contribution in [2.24, 2.45) is 0 Å². The van der Waals surface area contributed by atoms with Crippen LogP contribution >= 0.6 is 11.8 Å². The second-order valence-electron chi connectivity index (χ2n) is 4.41. The Balaban J connectivity index is 2.06. The predicted octanol–water partition coefficient (Wildman–Crippen LogP) is 3.99. The number of ether oxygens (including phenoxy) is 1. The van der Waals surface area contributed by atoms with Gasteiger partial charge in [-0.1, -0.05) is 0 Å². The maximum Gasteiger partial charge on any atom is 0.269 e. The van der Waals surface area contributed by atoms with Crippen LogP contribution in [0, 0.1) is 17.0 Å². The summed E-state index contributed by atoms with van der Waals surface area (Å²) in [5.41, 5.74) is 1.94. The molecule has 5 nitrogen and oxygen atoms in total. The van der Waals surface area contributed by atoms with Crippen molar-refractivity contribution in [3.8, 4) is 5.75 Å². The molecule has 1 heterocycles. The van der Waals surface area contributed by atoms with Gasteiger partial charge in [0.1, 0.15) is 5.75 Å². The molecule has 0 N–H and O–H groups in total. The van der Waals surface area contributed by atoms with Crippen LogP contribution in [0.2, 0.25) is 0 Å². The Labute approximate surface area is 127 Å². The van der Waals surface area contributed by atoms with Crippen LogP contribution in [0.5, 0.6) is 5.75 Å². The molecule has 1 aromatic carbocycles. The summed E-state index contributed by atoms with van der Waals surface area (Å²) in [6, 6.07) is 8.64. The average molecular weight is 304 g/mol. The zero-order valence-electron chi connectivity index (χ0n) is 11.9. The molecule has 2 aromatic rings. The first-order valence-electron chi connectivity index (χ1n) is 6.55. The van der Waals surface area contributed by atoms with E-state index in [0.29, 0.717) is 12.4 Å². The van der Waals surface area contributed by atoms with Crippen LogP contribution in [0.1, 0.15) is 18.2 Å². The molecule has 0 saturated heterocycles. The van der Waals surface area contributed by atoms with E-state index in [2.05, 4.69) is 4.98 Å². The van der Waals surface area contributed by atoms with Gasteiger partial charge in [-0.3, -0.25) is 15.1 Å². The number of non-ortho nitro benzene ring substituents is 1. The van der Waals surface area contributed by atoms with Gasteiger partial charge in [0.2, 0.25) is 0 Å². The second-order valence-corrected chi connectivity index (χ2v) is 5.43. The maximum absolute atomic E-state index is 10.7. The van der Waals surface area contributed by atoms with E-state index >= 15 is 0 Å². The SMILES string of the molecule is CCOc1ccnc(CSc2ccc([N+](=O)[O-])cc2C)c1. The zero-order chi connectivity index (χ0) is 15.2. The molecule has 6 heteroatoms. The summed E-state index contributed by atoms with van der Waals surface area (Å²) in [7, 11) is 0. The summed E-state index contributed by atoms with van der Waals surface area (Å²) in [5.74, 6) is 1.50. The number of benzene rings is 1. The van der Waals surface area contributed by atoms with E-state index in [0.717, 1.165) is 21.9 Å². The molecular formula is C15H16N2O3S. The monoisotopic (exact) mass is 304 g/mol. The Hall–Kier alpha value is -2.08. The van der Waals surface area contributed by atoms with Crippen molar-refractivity contribution in [3.05, 3.63) is 57.9 Å². The van der Waals surface area contributed by atoms with Crippen LogP contribution in [0.3, 0.4) is 0 Å². The first-order chi connectivity index (χ1) is 10.1. The minimum absolute atomic E-state index is 0.119. The van der Waals surface area contributed by atoms with Crippen LogP contribution in [0.15, 0.2) is 41.4 Å². The molecule has 0 amide bonds. The molecule has 0 aliphatic carbocycles. The van der Waals surface area contributed by atoms with Crippen LogP contribution in [-0.2, 0) is 5.75 Å². The van der Waals surface area contributed by atoms with Gasteiger partial charge in [-0.25, -0.2) is 0 Å². The molecule has 0 aliphatic rings. The smallest absolute Gasteiger partial charge is 0.269 e. The van der Waals surface area contributed by atoms with Gasteiger partial charge in [0.05, 0.1) is 17.2 Å². The summed E-state index contributed by atoms with van der Waals surface area (Å²) >= 11 is 1.61. The quantitative estimate of drug-likeness (QED) is 0.458. The fraction of sp³-hybridized carbons (Fsp3) is 0.267. The first-order valence-corrected chi connectivity index (χ1v) is 7.54. The van der Waals surface area contributed by atoms with Gasteiger partial charge in [0, 0.05) is 35.0 Å². The highest BCUT2D eigenvalue weighted by molar-refractivity contribution is 7.98. The summed E-state index contributed by atoms with van der Waals surface area (Å²) < 4.78 is 5.44. The minimum Gasteiger partial charge on any atom is -0.494 e. The normalized spacial score (nSPS) is 10.4. The summed E-state index contributed by atoms with van der Waals surface area (Å²) in [6.07, 6.45) is 1.73. The highest BCUT2D eigenvalue weighted by Crippen LogP contribution is 2.28. The standard InChI is InChI=1S/C15H16N2O3S/c1-3-20-14-6-7-16-12(9-14)10-21-15-5-4-13(17(18)19)8-11(15)2/h4-9H,3,10H2,1-2H3. The molecule has 1 aromatic heterocycles. The molecule has 110 valence electrons. The Morgan fingerprint density at radius 3 is 2.81 bits per heavy atom. The van der Waals surface area contributed by atoms with Crippen molar-refractivity contribution in [1.82, 2.24) is 4.98 Å². The minimum atomic E-state index is -0.380. The molecule has 0 spiro atoms. The Bertz CT molecular complexity index is 647. The number of aryl methyl sites for hydroxylation is 1. The summed E-state index contributed by atoms with van der Waals surface area (Å²) in [6.45, 7) is 4.44. The number of nitrogens with zero attached hydrogens (tertiary/aromatic N) is 2. The number of hydrogen-bond acceptors (Lipinski definition) is 5. The second kappa shape index (κ2) is 7.08. The number of hydrogen-bond donors (Lipinski definition) is 0. The fourth-order valence-corrected chi connectivity index (χ4v) is 2.76. The summed E-state index contributed by atoms with van der Waals surface area (Å²) in [4.78, 5) is 15.7. The third-order valence-corrected chi connectivity index (χ3v) is 4.05. The van der Waals surface area contributed by atoms with E-state index in [1.54, 1.807) is 30.1 Å². The van der Waals surface area contributed by atoms with Crippen molar-refractivity contribution in [1.29, 1.82) is 0 Å². The lowest BCUT2D eigenvalue weighted by Crippen LogP contribution is -1.94. The molecule has 0 saturated carbocycles. The van der Waals surface area contributed by atoms with Gasteiger partial charge in [-0.05, 0) is 31.5 Å². The fourth-order valence-electron chi connectivity index (χ4n) is 1.85. The van der Waals surface area contributed by atoms with Crippen molar-refractivity contribution in [3.63, 3.8) is 0 Å². The number of aromatic nitrogens is 1. The Kier molecular flexibility index (Phi) is 5.16. The molecule has 0 unspecified atom stereocenters. The summed E-state index contributed by atoms with van der Waals surface area (Å²) in [5, 5.41) is 10.7. The number of nitro groups is 1. The molecule has 0 atom stereocenters. The average Bonchev–Trinajstić information content (AvgIpc) is 2.46. The van der Waals surface area contributed by atoms with Crippen molar-refractivity contribution >= 4 is 17.4 Å². The van der Waals surface area contributed by atoms with Crippen LogP contribution in [0.25, 0.3) is 0 Å². The van der Waals surface area contributed by atoms with Gasteiger partial charge < -0.3 is 4.74 Å². The zero-order valence-corrected chi connectivity index (χ0v) is 12.7. The lowest BCUT2D eigenvalue weighted by Gasteiger charge is -2.07. The van der Waals surface area contributed by atoms with Crippen LogP contribution < -0.4 is 4.74 Å². The number of thioether (sulfide) groups is 1. The topological polar surface area (TPSA) is 65.3 Å². The number of nitro benzene ring substituents is 1. The lowest BCUT2D eigenvalue weighted by atomic mass is 10.2. The molecule has 0 aliphatic heterocycles. The van der Waals surface area contributed by atoms with Crippen LogP contribution in [-0.4, -0.2) is 16.5 Å². The Morgan fingerprint density at radius 1 is 1.33 bits per heavy atom. The van der Waals surface area contributed by atoms with Crippen molar-refractivity contribution in [2.75, 3.05) is 6.61 Å². The first kappa shape index (κ1) is 15.3. The third-order valence-electron chi connectivity index (χ3n) is 2.84. The maximum atomic E-state index is 10.7. The lowest BCUT2D eigenvalue weighted by molar-refractivity contribution is -0.385.